The molecule has 0 aliphatic carbocycles. The van der Waals surface area contributed by atoms with Gasteiger partial charge in [-0.15, -0.1) is 13.2 Å². The number of ether oxygens (including phenoxy) is 1. The first-order valence-corrected chi connectivity index (χ1v) is 5.49. The smallest absolute Gasteiger partial charge is 0.406 e. The van der Waals surface area contributed by atoms with Gasteiger partial charge in [-0.1, -0.05) is 28.1 Å². The van der Waals surface area contributed by atoms with E-state index in [9.17, 15) is 18.0 Å². The number of ketones is 1. The van der Waals surface area contributed by atoms with E-state index >= 15 is 0 Å². The molecule has 0 aliphatic rings. The molecule has 6 heteroatoms. The lowest BCUT2D eigenvalue weighted by Gasteiger charge is -2.09. The Bertz CT molecular complexity index is 377. The van der Waals surface area contributed by atoms with Gasteiger partial charge in [0, 0.05) is 17.3 Å². The van der Waals surface area contributed by atoms with Crippen molar-refractivity contribution in [2.45, 2.75) is 12.8 Å². The summed E-state index contributed by atoms with van der Waals surface area (Å²) in [6.45, 7) is 0. The molecule has 0 radical (unpaired) electrons. The van der Waals surface area contributed by atoms with Crippen molar-refractivity contribution < 1.29 is 22.7 Å². The second-order valence-corrected chi connectivity index (χ2v) is 3.73. The number of rotatable bonds is 4. The minimum Gasteiger partial charge on any atom is -0.406 e. The van der Waals surface area contributed by atoms with Crippen LogP contribution in [0.15, 0.2) is 24.3 Å². The molecular weight excluding hydrogens is 289 g/mol. The van der Waals surface area contributed by atoms with Crippen molar-refractivity contribution in [2.24, 2.45) is 0 Å². The minimum atomic E-state index is -4.74. The number of carbonyl (C=O) groups is 1. The fourth-order valence-electron chi connectivity index (χ4n) is 1.10. The Morgan fingerprint density at radius 3 is 2.62 bits per heavy atom. The largest absolute Gasteiger partial charge is 0.573 e. The summed E-state index contributed by atoms with van der Waals surface area (Å²) in [7, 11) is 0. The topological polar surface area (TPSA) is 26.3 Å². The zero-order valence-corrected chi connectivity index (χ0v) is 9.64. The minimum absolute atomic E-state index is 0.209. The van der Waals surface area contributed by atoms with Gasteiger partial charge in [0.25, 0.3) is 0 Å². The van der Waals surface area contributed by atoms with Crippen LogP contribution in [0.4, 0.5) is 13.2 Å². The highest BCUT2D eigenvalue weighted by atomic mass is 79.9. The first kappa shape index (κ1) is 13.0. The Kier molecular flexibility index (Phi) is 4.35. The van der Waals surface area contributed by atoms with Crippen LogP contribution < -0.4 is 4.74 Å². The van der Waals surface area contributed by atoms with Crippen molar-refractivity contribution in [3.8, 4) is 5.75 Å². The standard InChI is InChI=1S/C10H8BrF3O2/c11-5-4-9(15)7-2-1-3-8(6-7)16-10(12,13)14/h1-3,6H,4-5H2. The zero-order valence-electron chi connectivity index (χ0n) is 8.05. The van der Waals surface area contributed by atoms with Crippen LogP contribution in [-0.4, -0.2) is 17.5 Å². The molecular formula is C10H8BrF3O2. The highest BCUT2D eigenvalue weighted by molar-refractivity contribution is 9.09. The Morgan fingerprint density at radius 2 is 2.06 bits per heavy atom. The molecule has 0 spiro atoms. The number of benzene rings is 1. The van der Waals surface area contributed by atoms with E-state index in [2.05, 4.69) is 20.7 Å². The van der Waals surface area contributed by atoms with Gasteiger partial charge >= 0.3 is 6.36 Å². The third kappa shape index (κ3) is 4.22. The molecule has 0 unspecified atom stereocenters. The molecule has 0 fully saturated rings. The van der Waals surface area contributed by atoms with Crippen LogP contribution in [0.3, 0.4) is 0 Å². The summed E-state index contributed by atoms with van der Waals surface area (Å²) < 4.78 is 39.4. The number of Topliss-reactive ketones (excluding diaryl/α,β-unsaturated/α-hetero) is 1. The maximum absolute atomic E-state index is 11.9. The number of hydrogen-bond acceptors (Lipinski definition) is 2. The highest BCUT2D eigenvalue weighted by Crippen LogP contribution is 2.23. The molecule has 0 saturated carbocycles. The summed E-state index contributed by atoms with van der Waals surface area (Å²) >= 11 is 3.08. The molecule has 0 aliphatic heterocycles. The molecule has 0 aromatic heterocycles. The van der Waals surface area contributed by atoms with Gasteiger partial charge in [-0.3, -0.25) is 4.79 Å². The van der Waals surface area contributed by atoms with Crippen LogP contribution in [0.1, 0.15) is 16.8 Å². The lowest BCUT2D eigenvalue weighted by Crippen LogP contribution is -2.17. The van der Waals surface area contributed by atoms with E-state index in [-0.39, 0.29) is 23.5 Å². The predicted molar refractivity (Wildman–Crippen MR) is 55.9 cm³/mol. The number of hydrogen-bond donors (Lipinski definition) is 0. The molecule has 1 aromatic rings. The van der Waals surface area contributed by atoms with Crippen LogP contribution in [0.5, 0.6) is 5.75 Å². The van der Waals surface area contributed by atoms with Crippen molar-refractivity contribution in [2.75, 3.05) is 5.33 Å². The summed E-state index contributed by atoms with van der Waals surface area (Å²) in [5, 5.41) is 0.468. The SMILES string of the molecule is O=C(CCBr)c1cccc(OC(F)(F)F)c1. The van der Waals surface area contributed by atoms with E-state index in [1.165, 1.54) is 12.1 Å². The van der Waals surface area contributed by atoms with Crippen molar-refractivity contribution >= 4 is 21.7 Å². The molecule has 0 amide bonds. The highest BCUT2D eigenvalue weighted by Gasteiger charge is 2.31. The molecule has 2 nitrogen and oxygen atoms in total. The lowest BCUT2D eigenvalue weighted by atomic mass is 10.1. The van der Waals surface area contributed by atoms with E-state index in [1.54, 1.807) is 0 Å². The van der Waals surface area contributed by atoms with Crippen molar-refractivity contribution in [3.05, 3.63) is 29.8 Å². The third-order valence-electron chi connectivity index (χ3n) is 1.71. The fourth-order valence-corrected chi connectivity index (χ4v) is 1.46. The number of halogens is 4. The normalized spacial score (nSPS) is 11.2. The number of carbonyl (C=O) groups excluding carboxylic acids is 1. The van der Waals surface area contributed by atoms with Gasteiger partial charge in [0.1, 0.15) is 5.75 Å². The van der Waals surface area contributed by atoms with Gasteiger partial charge in [-0.05, 0) is 12.1 Å². The summed E-state index contributed by atoms with van der Waals surface area (Å²) in [4.78, 5) is 11.4. The van der Waals surface area contributed by atoms with Gasteiger partial charge < -0.3 is 4.74 Å². The fraction of sp³-hybridized carbons (Fsp3) is 0.300. The monoisotopic (exact) mass is 296 g/mol. The molecule has 0 bridgehead atoms. The van der Waals surface area contributed by atoms with Gasteiger partial charge in [0.05, 0.1) is 0 Å². The van der Waals surface area contributed by atoms with Gasteiger partial charge in [0.15, 0.2) is 5.78 Å². The van der Waals surface area contributed by atoms with Crippen LogP contribution in [0.2, 0.25) is 0 Å². The Labute approximate surface area is 98.5 Å². The molecule has 0 atom stereocenters. The van der Waals surface area contributed by atoms with E-state index in [0.717, 1.165) is 12.1 Å². The lowest BCUT2D eigenvalue weighted by molar-refractivity contribution is -0.274. The summed E-state index contributed by atoms with van der Waals surface area (Å²) in [6.07, 6.45) is -4.51. The Hall–Kier alpha value is -1.04. The van der Waals surface area contributed by atoms with E-state index in [0.29, 0.717) is 5.33 Å². The average molecular weight is 297 g/mol. The van der Waals surface area contributed by atoms with E-state index in [1.807, 2.05) is 0 Å². The van der Waals surface area contributed by atoms with Gasteiger partial charge in [0.2, 0.25) is 0 Å². The van der Waals surface area contributed by atoms with E-state index in [4.69, 9.17) is 0 Å². The molecule has 0 saturated heterocycles. The summed E-state index contributed by atoms with van der Waals surface area (Å²) in [5.41, 5.74) is 0.209. The summed E-state index contributed by atoms with van der Waals surface area (Å²) in [6, 6.07) is 5.04. The van der Waals surface area contributed by atoms with Gasteiger partial charge in [-0.25, -0.2) is 0 Å². The van der Waals surface area contributed by atoms with Crippen molar-refractivity contribution in [1.82, 2.24) is 0 Å². The van der Waals surface area contributed by atoms with Crippen molar-refractivity contribution in [1.29, 1.82) is 0 Å². The average Bonchev–Trinajstić information content (AvgIpc) is 2.16. The number of alkyl halides is 4. The van der Waals surface area contributed by atoms with Crippen LogP contribution in [0.25, 0.3) is 0 Å². The maximum Gasteiger partial charge on any atom is 0.573 e. The van der Waals surface area contributed by atoms with Crippen LogP contribution in [0, 0.1) is 0 Å². The Morgan fingerprint density at radius 1 is 1.38 bits per heavy atom. The molecule has 1 rings (SSSR count). The molecule has 16 heavy (non-hydrogen) atoms. The zero-order chi connectivity index (χ0) is 12.2. The third-order valence-corrected chi connectivity index (χ3v) is 2.11. The van der Waals surface area contributed by atoms with Crippen molar-refractivity contribution in [3.63, 3.8) is 0 Å². The summed E-state index contributed by atoms with van der Waals surface area (Å²) in [5.74, 6) is -0.613. The molecule has 1 aromatic carbocycles. The second kappa shape index (κ2) is 5.34. The molecule has 0 heterocycles. The van der Waals surface area contributed by atoms with E-state index < -0.39 is 6.36 Å². The first-order chi connectivity index (χ1) is 7.42. The Balaban J connectivity index is 2.83. The molecule has 88 valence electrons. The predicted octanol–water partition coefficient (Wildman–Crippen LogP) is 3.55. The first-order valence-electron chi connectivity index (χ1n) is 4.37. The molecule has 0 N–H and O–H groups in total. The van der Waals surface area contributed by atoms with Gasteiger partial charge in [-0.2, -0.15) is 0 Å². The van der Waals surface area contributed by atoms with Crippen LogP contribution in [-0.2, 0) is 0 Å². The second-order valence-electron chi connectivity index (χ2n) is 2.94. The maximum atomic E-state index is 11.9. The van der Waals surface area contributed by atoms with Crippen LogP contribution >= 0.6 is 15.9 Å². The quantitative estimate of drug-likeness (QED) is 0.627.